The molecule has 0 atom stereocenters. The topological polar surface area (TPSA) is 71.2 Å². The molecular weight excluding hydrogens is 398 g/mol. The highest BCUT2D eigenvalue weighted by atomic mass is 15.2. The Morgan fingerprint density at radius 3 is 2.50 bits per heavy atom. The highest BCUT2D eigenvalue weighted by molar-refractivity contribution is 5.86. The number of nitrogens with one attached hydrogen (secondary N) is 1. The van der Waals surface area contributed by atoms with Crippen molar-refractivity contribution in [2.45, 2.75) is 6.92 Å². The van der Waals surface area contributed by atoms with Gasteiger partial charge in [-0.05, 0) is 36.8 Å². The zero-order chi connectivity index (χ0) is 22.1. The molecule has 5 rings (SSSR count). The van der Waals surface area contributed by atoms with E-state index in [-0.39, 0.29) is 0 Å². The fraction of sp³-hybridized carbons (Fsp3) is 0.200. The minimum atomic E-state index is 0.780. The van der Waals surface area contributed by atoms with E-state index in [1.807, 2.05) is 48.4 Å². The first kappa shape index (κ1) is 20.1. The predicted octanol–water partition coefficient (Wildman–Crippen LogP) is 3.86. The van der Waals surface area contributed by atoms with Crippen LogP contribution in [-0.2, 0) is 0 Å². The molecule has 1 aliphatic heterocycles. The molecule has 0 saturated carbocycles. The molecular formula is C25H25N7. The van der Waals surface area contributed by atoms with Crippen LogP contribution in [0.5, 0.6) is 0 Å². The van der Waals surface area contributed by atoms with E-state index >= 15 is 0 Å². The number of rotatable bonds is 5. The van der Waals surface area contributed by atoms with Gasteiger partial charge in [-0.1, -0.05) is 19.2 Å². The fourth-order valence-electron chi connectivity index (χ4n) is 4.15. The molecule has 0 bridgehead atoms. The molecule has 4 aromatic heterocycles. The summed E-state index contributed by atoms with van der Waals surface area (Å²) in [6.07, 6.45) is 11.2. The van der Waals surface area contributed by atoms with Gasteiger partial charge in [-0.25, -0.2) is 14.5 Å². The summed E-state index contributed by atoms with van der Waals surface area (Å²) in [5.74, 6) is 1.01. The average molecular weight is 424 g/mol. The lowest BCUT2D eigenvalue weighted by Gasteiger charge is -2.28. The van der Waals surface area contributed by atoms with Crippen molar-refractivity contribution in [3.63, 3.8) is 0 Å². The van der Waals surface area contributed by atoms with Crippen LogP contribution in [0, 0.1) is 6.92 Å². The summed E-state index contributed by atoms with van der Waals surface area (Å²) < 4.78 is 1.81. The fourth-order valence-corrected chi connectivity index (χ4v) is 4.15. The van der Waals surface area contributed by atoms with Crippen LogP contribution in [0.4, 0.5) is 5.82 Å². The van der Waals surface area contributed by atoms with Gasteiger partial charge in [-0.3, -0.25) is 4.98 Å². The Labute approximate surface area is 187 Å². The summed E-state index contributed by atoms with van der Waals surface area (Å²) in [6.45, 7) is 13.8. The normalized spacial score (nSPS) is 14.0. The summed E-state index contributed by atoms with van der Waals surface area (Å²) in [6, 6.07) is 6.21. The molecule has 32 heavy (non-hydrogen) atoms. The van der Waals surface area contributed by atoms with E-state index in [0.717, 1.165) is 76.8 Å². The van der Waals surface area contributed by atoms with Gasteiger partial charge in [0.25, 0.3) is 0 Å². The summed E-state index contributed by atoms with van der Waals surface area (Å²) >= 11 is 0. The molecule has 160 valence electrons. The van der Waals surface area contributed by atoms with Crippen LogP contribution >= 0.6 is 0 Å². The van der Waals surface area contributed by atoms with E-state index in [9.17, 15) is 0 Å². The van der Waals surface area contributed by atoms with Crippen LogP contribution in [0.25, 0.3) is 40.1 Å². The van der Waals surface area contributed by atoms with Crippen LogP contribution in [-0.4, -0.2) is 50.7 Å². The Morgan fingerprint density at radius 1 is 0.969 bits per heavy atom. The molecule has 1 N–H and O–H groups in total. The van der Waals surface area contributed by atoms with Crippen molar-refractivity contribution in [3.8, 4) is 22.3 Å². The third kappa shape index (κ3) is 3.56. The van der Waals surface area contributed by atoms with Gasteiger partial charge in [-0.15, -0.1) is 0 Å². The molecule has 0 radical (unpaired) electrons. The molecule has 0 aliphatic carbocycles. The van der Waals surface area contributed by atoms with Crippen molar-refractivity contribution < 1.29 is 0 Å². The summed E-state index contributed by atoms with van der Waals surface area (Å²) in [5, 5.41) is 7.94. The zero-order valence-electron chi connectivity index (χ0n) is 18.1. The lowest BCUT2D eigenvalue weighted by atomic mass is 9.99. The average Bonchev–Trinajstić information content (AvgIpc) is 3.27. The second-order valence-corrected chi connectivity index (χ2v) is 7.83. The minimum Gasteiger partial charge on any atom is -0.354 e. The lowest BCUT2D eigenvalue weighted by molar-refractivity contribution is 0.585. The van der Waals surface area contributed by atoms with E-state index in [4.69, 9.17) is 4.98 Å². The Hall–Kier alpha value is -3.84. The summed E-state index contributed by atoms with van der Waals surface area (Å²) in [5.41, 5.74) is 7.34. The van der Waals surface area contributed by atoms with E-state index in [1.165, 1.54) is 0 Å². The number of piperazine rings is 1. The molecule has 0 spiro atoms. The maximum Gasteiger partial charge on any atom is 0.162 e. The molecule has 1 fully saturated rings. The summed E-state index contributed by atoms with van der Waals surface area (Å²) in [7, 11) is 0. The molecule has 4 aromatic rings. The van der Waals surface area contributed by atoms with Crippen LogP contribution in [0.1, 0.15) is 17.0 Å². The molecule has 5 heterocycles. The quantitative estimate of drug-likeness (QED) is 0.526. The molecule has 1 saturated heterocycles. The first-order chi connectivity index (χ1) is 15.7. The number of pyridine rings is 2. The Kier molecular flexibility index (Phi) is 5.25. The standard InChI is InChI=1S/C25H25N7/c1-4-20-21(12-17(3)30-23(20)5-2)22-15-29-32-16-19(14-28-25(22)32)18-6-7-24(27-13-18)31-10-8-26-9-11-31/h4-7,12-16,26H,1-2,8-11H2,3H3. The highest BCUT2D eigenvalue weighted by Crippen LogP contribution is 2.31. The monoisotopic (exact) mass is 423 g/mol. The van der Waals surface area contributed by atoms with Crippen LogP contribution in [0.2, 0.25) is 0 Å². The molecule has 0 amide bonds. The summed E-state index contributed by atoms with van der Waals surface area (Å²) in [4.78, 5) is 16.3. The highest BCUT2D eigenvalue weighted by Gasteiger charge is 2.16. The van der Waals surface area contributed by atoms with E-state index in [2.05, 4.69) is 50.6 Å². The number of nitrogens with zero attached hydrogens (tertiary/aromatic N) is 6. The number of fused-ring (bicyclic) bond motifs is 1. The number of anilines is 1. The van der Waals surface area contributed by atoms with Crippen LogP contribution in [0.3, 0.4) is 0 Å². The van der Waals surface area contributed by atoms with Crippen molar-refractivity contribution in [2.75, 3.05) is 31.1 Å². The number of aryl methyl sites for hydroxylation is 1. The van der Waals surface area contributed by atoms with Crippen molar-refractivity contribution in [1.29, 1.82) is 0 Å². The smallest absolute Gasteiger partial charge is 0.162 e. The number of hydrogen-bond donors (Lipinski definition) is 1. The third-order valence-corrected chi connectivity index (χ3v) is 5.78. The zero-order valence-corrected chi connectivity index (χ0v) is 18.1. The molecule has 7 heteroatoms. The van der Waals surface area contributed by atoms with Crippen molar-refractivity contribution >= 4 is 23.6 Å². The van der Waals surface area contributed by atoms with Gasteiger partial charge in [0.05, 0.1) is 11.9 Å². The van der Waals surface area contributed by atoms with Crippen LogP contribution in [0.15, 0.2) is 56.1 Å². The largest absolute Gasteiger partial charge is 0.354 e. The predicted molar refractivity (Wildman–Crippen MR) is 129 cm³/mol. The molecule has 0 aromatic carbocycles. The van der Waals surface area contributed by atoms with E-state index in [0.29, 0.717) is 0 Å². The maximum absolute atomic E-state index is 4.74. The van der Waals surface area contributed by atoms with Gasteiger partial charge >= 0.3 is 0 Å². The first-order valence-corrected chi connectivity index (χ1v) is 10.7. The van der Waals surface area contributed by atoms with Gasteiger partial charge in [0.2, 0.25) is 0 Å². The number of hydrogen-bond acceptors (Lipinski definition) is 6. The second kappa shape index (κ2) is 8.36. The van der Waals surface area contributed by atoms with Gasteiger partial charge in [0, 0.05) is 72.7 Å². The third-order valence-electron chi connectivity index (χ3n) is 5.78. The SMILES string of the molecule is C=Cc1nc(C)cc(-c2cnn3cc(-c4ccc(N5CCNCC5)nc4)cnc23)c1C=C. The Balaban J connectivity index is 1.51. The van der Waals surface area contributed by atoms with Gasteiger partial charge < -0.3 is 10.2 Å². The second-order valence-electron chi connectivity index (χ2n) is 7.83. The van der Waals surface area contributed by atoms with Crippen LogP contribution < -0.4 is 10.2 Å². The van der Waals surface area contributed by atoms with E-state index in [1.54, 1.807) is 6.08 Å². The molecule has 0 unspecified atom stereocenters. The van der Waals surface area contributed by atoms with Crippen molar-refractivity contribution in [3.05, 3.63) is 73.1 Å². The van der Waals surface area contributed by atoms with Gasteiger partial charge in [0.15, 0.2) is 5.65 Å². The molecule has 1 aliphatic rings. The first-order valence-electron chi connectivity index (χ1n) is 10.7. The Bertz CT molecular complexity index is 1300. The van der Waals surface area contributed by atoms with Gasteiger partial charge in [0.1, 0.15) is 5.82 Å². The Morgan fingerprint density at radius 2 is 1.78 bits per heavy atom. The van der Waals surface area contributed by atoms with Crippen molar-refractivity contribution in [2.24, 2.45) is 0 Å². The van der Waals surface area contributed by atoms with E-state index < -0.39 is 0 Å². The molecule has 7 nitrogen and oxygen atoms in total. The minimum absolute atomic E-state index is 0.780. The lowest BCUT2D eigenvalue weighted by Crippen LogP contribution is -2.43. The maximum atomic E-state index is 4.74. The van der Waals surface area contributed by atoms with Crippen molar-refractivity contribution in [1.82, 2.24) is 29.9 Å². The van der Waals surface area contributed by atoms with Gasteiger partial charge in [-0.2, -0.15) is 5.10 Å². The number of aromatic nitrogens is 5.